The van der Waals surface area contributed by atoms with E-state index in [-0.39, 0.29) is 6.61 Å². The number of carbonyl (C=O) groups excluding carboxylic acids is 2. The maximum atomic E-state index is 11.7. The molecule has 0 aromatic carbocycles. The quantitative estimate of drug-likeness (QED) is 0.624. The molecule has 1 N–H and O–H groups in total. The summed E-state index contributed by atoms with van der Waals surface area (Å²) < 4.78 is 4.88. The lowest BCUT2D eigenvalue weighted by molar-refractivity contribution is -0.144. The fourth-order valence-electron chi connectivity index (χ4n) is 3.36. The van der Waals surface area contributed by atoms with Crippen LogP contribution in [-0.2, 0) is 14.3 Å². The summed E-state index contributed by atoms with van der Waals surface area (Å²) in [7, 11) is 0. The topological polar surface area (TPSA) is 67.8 Å². The molecule has 1 aliphatic heterocycles. The Bertz CT molecular complexity index is 438. The standard InChI is InChI=1S/C13H18N2O3S/c1-2-18-12(17)10-11(16)15-13(19-10)14-9-6-7-3-4-8(9)5-7/h7-10H,2-6H2,1H3,(H,14,15,16)/t7-,8+,9+,10?/m1/s1. The first-order valence-electron chi connectivity index (χ1n) is 6.89. The molecule has 0 radical (unpaired) electrons. The second-order valence-electron chi connectivity index (χ2n) is 5.43. The van der Waals surface area contributed by atoms with Crippen LogP contribution in [0.4, 0.5) is 0 Å². The summed E-state index contributed by atoms with van der Waals surface area (Å²) >= 11 is 1.20. The molecule has 4 atom stereocenters. The minimum Gasteiger partial charge on any atom is -0.465 e. The molecular formula is C13H18N2O3S. The van der Waals surface area contributed by atoms with Gasteiger partial charge in [-0.3, -0.25) is 9.59 Å². The SMILES string of the molecule is CCOC(=O)C1SC(N[C@H]2C[C@@H]3CC[C@H]2C3)=NC1=O. The minimum atomic E-state index is -0.805. The van der Waals surface area contributed by atoms with Gasteiger partial charge in [-0.2, -0.15) is 4.99 Å². The molecule has 0 saturated heterocycles. The molecule has 5 nitrogen and oxygen atoms in total. The molecule has 0 spiro atoms. The molecule has 3 rings (SSSR count). The number of fused-ring (bicyclic) bond motifs is 2. The Morgan fingerprint density at radius 2 is 2.32 bits per heavy atom. The number of nitrogens with zero attached hydrogens (tertiary/aromatic N) is 1. The second kappa shape index (κ2) is 5.15. The molecule has 0 aromatic rings. The van der Waals surface area contributed by atoms with Gasteiger partial charge in [0.15, 0.2) is 10.4 Å². The monoisotopic (exact) mass is 282 g/mol. The van der Waals surface area contributed by atoms with Crippen molar-refractivity contribution in [2.24, 2.45) is 16.8 Å². The van der Waals surface area contributed by atoms with Crippen molar-refractivity contribution in [2.75, 3.05) is 6.61 Å². The molecule has 6 heteroatoms. The van der Waals surface area contributed by atoms with Crippen LogP contribution in [0.3, 0.4) is 0 Å². The third kappa shape index (κ3) is 2.50. The Kier molecular flexibility index (Phi) is 3.52. The largest absolute Gasteiger partial charge is 0.465 e. The van der Waals surface area contributed by atoms with E-state index in [1.165, 1.54) is 37.4 Å². The number of rotatable bonds is 3. The molecule has 104 valence electrons. The summed E-state index contributed by atoms with van der Waals surface area (Å²) in [5, 5.41) is 3.14. The van der Waals surface area contributed by atoms with Gasteiger partial charge in [-0.15, -0.1) is 0 Å². The maximum Gasteiger partial charge on any atom is 0.329 e. The Morgan fingerprint density at radius 3 is 2.95 bits per heavy atom. The molecule has 1 unspecified atom stereocenters. The van der Waals surface area contributed by atoms with E-state index in [1.54, 1.807) is 6.92 Å². The average molecular weight is 282 g/mol. The first kappa shape index (κ1) is 13.0. The maximum absolute atomic E-state index is 11.7. The van der Waals surface area contributed by atoms with Gasteiger partial charge >= 0.3 is 5.97 Å². The number of thioether (sulfide) groups is 1. The highest BCUT2D eigenvalue weighted by Gasteiger charge is 2.42. The fourth-order valence-corrected chi connectivity index (χ4v) is 4.26. The van der Waals surface area contributed by atoms with Crippen LogP contribution in [0.2, 0.25) is 0 Å². The van der Waals surface area contributed by atoms with Crippen molar-refractivity contribution in [1.82, 2.24) is 5.32 Å². The number of aliphatic imine (C=N–C) groups is 1. The average Bonchev–Trinajstić information content (AvgIpc) is 3.05. The van der Waals surface area contributed by atoms with Crippen molar-refractivity contribution in [2.45, 2.75) is 43.9 Å². The van der Waals surface area contributed by atoms with E-state index in [4.69, 9.17) is 4.74 Å². The Labute approximate surface area is 116 Å². The van der Waals surface area contributed by atoms with Gasteiger partial charge in [-0.1, -0.05) is 18.2 Å². The van der Waals surface area contributed by atoms with E-state index in [0.29, 0.717) is 17.1 Å². The summed E-state index contributed by atoms with van der Waals surface area (Å²) in [5.41, 5.74) is 0. The van der Waals surface area contributed by atoms with Crippen molar-refractivity contribution in [1.29, 1.82) is 0 Å². The van der Waals surface area contributed by atoms with E-state index < -0.39 is 17.1 Å². The van der Waals surface area contributed by atoms with E-state index in [1.807, 2.05) is 0 Å². The third-order valence-electron chi connectivity index (χ3n) is 4.21. The smallest absolute Gasteiger partial charge is 0.329 e. The zero-order valence-corrected chi connectivity index (χ0v) is 11.7. The summed E-state index contributed by atoms with van der Waals surface area (Å²) in [5.74, 6) is 0.677. The van der Waals surface area contributed by atoms with E-state index in [9.17, 15) is 9.59 Å². The Hall–Kier alpha value is -1.04. The van der Waals surface area contributed by atoms with Crippen molar-refractivity contribution in [3.05, 3.63) is 0 Å². The van der Waals surface area contributed by atoms with Gasteiger partial charge < -0.3 is 10.1 Å². The number of nitrogens with one attached hydrogen (secondary N) is 1. The fraction of sp³-hybridized carbons (Fsp3) is 0.769. The predicted molar refractivity (Wildman–Crippen MR) is 72.8 cm³/mol. The van der Waals surface area contributed by atoms with Crippen molar-refractivity contribution < 1.29 is 14.3 Å². The number of ether oxygens (including phenoxy) is 1. The van der Waals surface area contributed by atoms with Gasteiger partial charge in [0.1, 0.15) is 0 Å². The highest BCUT2D eigenvalue weighted by atomic mass is 32.2. The normalized spacial score (nSPS) is 36.5. The summed E-state index contributed by atoms with van der Waals surface area (Å²) in [6, 6.07) is 0.429. The van der Waals surface area contributed by atoms with Crippen molar-refractivity contribution in [3.63, 3.8) is 0 Å². The minimum absolute atomic E-state index is 0.290. The number of amidine groups is 1. The van der Waals surface area contributed by atoms with Crippen LogP contribution in [0.25, 0.3) is 0 Å². The molecule has 2 aliphatic carbocycles. The number of carbonyl (C=O) groups is 2. The molecule has 19 heavy (non-hydrogen) atoms. The van der Waals surface area contributed by atoms with Gasteiger partial charge in [0.05, 0.1) is 6.61 Å². The number of esters is 1. The first-order valence-corrected chi connectivity index (χ1v) is 7.77. The predicted octanol–water partition coefficient (Wildman–Crippen LogP) is 1.33. The molecule has 3 aliphatic rings. The van der Waals surface area contributed by atoms with E-state index in [2.05, 4.69) is 10.3 Å². The van der Waals surface area contributed by atoms with Gasteiger partial charge in [0, 0.05) is 6.04 Å². The number of amides is 1. The molecule has 1 heterocycles. The summed E-state index contributed by atoms with van der Waals surface area (Å²) in [4.78, 5) is 27.2. The molecule has 2 fully saturated rings. The Balaban J connectivity index is 1.57. The van der Waals surface area contributed by atoms with Gasteiger partial charge in [-0.05, 0) is 38.0 Å². The lowest BCUT2D eigenvalue weighted by atomic mass is 9.96. The molecule has 2 saturated carbocycles. The van der Waals surface area contributed by atoms with Crippen LogP contribution < -0.4 is 5.32 Å². The van der Waals surface area contributed by atoms with Crippen LogP contribution in [0.5, 0.6) is 0 Å². The van der Waals surface area contributed by atoms with Gasteiger partial charge in [0.2, 0.25) is 0 Å². The number of hydrogen-bond acceptors (Lipinski definition) is 5. The molecule has 2 bridgehead atoms. The lowest BCUT2D eigenvalue weighted by Gasteiger charge is -2.23. The highest BCUT2D eigenvalue weighted by molar-refractivity contribution is 8.16. The van der Waals surface area contributed by atoms with Crippen LogP contribution in [-0.4, -0.2) is 34.9 Å². The lowest BCUT2D eigenvalue weighted by Crippen LogP contribution is -2.37. The van der Waals surface area contributed by atoms with Gasteiger partial charge in [0.25, 0.3) is 5.91 Å². The van der Waals surface area contributed by atoms with Crippen LogP contribution in [0.15, 0.2) is 4.99 Å². The highest BCUT2D eigenvalue weighted by Crippen LogP contribution is 2.44. The second-order valence-corrected chi connectivity index (χ2v) is 6.52. The zero-order valence-electron chi connectivity index (χ0n) is 10.9. The summed E-state index contributed by atoms with van der Waals surface area (Å²) in [6.07, 6.45) is 5.08. The van der Waals surface area contributed by atoms with E-state index in [0.717, 1.165) is 5.92 Å². The van der Waals surface area contributed by atoms with Crippen molar-refractivity contribution in [3.8, 4) is 0 Å². The molecular weight excluding hydrogens is 264 g/mol. The first-order chi connectivity index (χ1) is 9.17. The third-order valence-corrected chi connectivity index (χ3v) is 5.28. The molecule has 1 amide bonds. The van der Waals surface area contributed by atoms with Crippen molar-refractivity contribution >= 4 is 28.8 Å². The van der Waals surface area contributed by atoms with Crippen LogP contribution in [0.1, 0.15) is 32.6 Å². The number of hydrogen-bond donors (Lipinski definition) is 1. The Morgan fingerprint density at radius 1 is 1.47 bits per heavy atom. The van der Waals surface area contributed by atoms with E-state index >= 15 is 0 Å². The summed E-state index contributed by atoms with van der Waals surface area (Å²) in [6.45, 7) is 2.02. The zero-order chi connectivity index (χ0) is 13.4. The van der Waals surface area contributed by atoms with Gasteiger partial charge in [-0.25, -0.2) is 0 Å². The van der Waals surface area contributed by atoms with Crippen LogP contribution >= 0.6 is 11.8 Å². The molecule has 0 aromatic heterocycles. The van der Waals surface area contributed by atoms with Crippen LogP contribution in [0, 0.1) is 11.8 Å².